The second-order valence-electron chi connectivity index (χ2n) is 7.73. The van der Waals surface area contributed by atoms with Gasteiger partial charge in [0, 0.05) is 7.11 Å². The highest BCUT2D eigenvalue weighted by Crippen LogP contribution is 2.29. The standard InChI is InChI=1S/C24H31N3O3/c1-6-19-11-9-10-16(2)23(19)27(17(3)15-30-5)22(29)14-26-21-13-8-7-12-20(21)25-24(26)18(4)28/h7-13,17-18,28H,6,14-15H2,1-5H3/t17-,18+/m1/s1. The molecule has 6 heteroatoms. The zero-order valence-corrected chi connectivity index (χ0v) is 18.4. The summed E-state index contributed by atoms with van der Waals surface area (Å²) in [5.74, 6) is 0.429. The second kappa shape index (κ2) is 9.41. The molecule has 0 fully saturated rings. The number of methoxy groups -OCH3 is 1. The molecule has 3 aromatic rings. The van der Waals surface area contributed by atoms with E-state index >= 15 is 0 Å². The fourth-order valence-corrected chi connectivity index (χ4v) is 4.05. The molecule has 0 aliphatic carbocycles. The van der Waals surface area contributed by atoms with Crippen molar-refractivity contribution in [3.63, 3.8) is 0 Å². The van der Waals surface area contributed by atoms with Crippen LogP contribution >= 0.6 is 0 Å². The molecule has 0 aliphatic rings. The Hall–Kier alpha value is -2.70. The van der Waals surface area contributed by atoms with Crippen molar-refractivity contribution in [3.05, 3.63) is 59.4 Å². The van der Waals surface area contributed by atoms with Gasteiger partial charge in [-0.25, -0.2) is 4.98 Å². The molecule has 30 heavy (non-hydrogen) atoms. The largest absolute Gasteiger partial charge is 0.385 e. The van der Waals surface area contributed by atoms with E-state index in [2.05, 4.69) is 18.0 Å². The first kappa shape index (κ1) is 22.0. The van der Waals surface area contributed by atoms with Gasteiger partial charge in [-0.2, -0.15) is 0 Å². The number of rotatable bonds is 8. The summed E-state index contributed by atoms with van der Waals surface area (Å²) in [6.07, 6.45) is 0.0488. The molecule has 0 aliphatic heterocycles. The lowest BCUT2D eigenvalue weighted by Gasteiger charge is -2.32. The van der Waals surface area contributed by atoms with Crippen molar-refractivity contribution in [3.8, 4) is 0 Å². The van der Waals surface area contributed by atoms with Crippen LogP contribution in [0.25, 0.3) is 11.0 Å². The maximum Gasteiger partial charge on any atom is 0.247 e. The van der Waals surface area contributed by atoms with Gasteiger partial charge in [0.05, 0.1) is 29.4 Å². The number of carbonyl (C=O) groups excluding carboxylic acids is 1. The Bertz CT molecular complexity index is 1030. The average Bonchev–Trinajstić information content (AvgIpc) is 3.08. The summed E-state index contributed by atoms with van der Waals surface area (Å²) >= 11 is 0. The maximum atomic E-state index is 13.7. The molecule has 0 saturated heterocycles. The zero-order chi connectivity index (χ0) is 21.8. The lowest BCUT2D eigenvalue weighted by Crippen LogP contribution is -2.44. The van der Waals surface area contributed by atoms with Gasteiger partial charge in [-0.1, -0.05) is 37.3 Å². The molecule has 1 heterocycles. The number of nitrogens with zero attached hydrogens (tertiary/aromatic N) is 3. The van der Waals surface area contributed by atoms with Crippen LogP contribution in [0.3, 0.4) is 0 Å². The molecule has 0 radical (unpaired) electrons. The molecular weight excluding hydrogens is 378 g/mol. The first-order valence-electron chi connectivity index (χ1n) is 10.4. The Balaban J connectivity index is 2.08. The van der Waals surface area contributed by atoms with E-state index in [-0.39, 0.29) is 18.5 Å². The summed E-state index contributed by atoms with van der Waals surface area (Å²) in [6.45, 7) is 8.31. The molecular formula is C24H31N3O3. The van der Waals surface area contributed by atoms with Crippen molar-refractivity contribution in [2.24, 2.45) is 0 Å². The Labute approximate surface area is 178 Å². The smallest absolute Gasteiger partial charge is 0.247 e. The molecule has 0 saturated carbocycles. The SMILES string of the molecule is CCc1cccc(C)c1N(C(=O)Cn1c([C@H](C)O)nc2ccccc21)[C@H](C)COC. The number of benzene rings is 2. The normalized spacial score (nSPS) is 13.4. The summed E-state index contributed by atoms with van der Waals surface area (Å²) < 4.78 is 7.20. The Morgan fingerprint density at radius 1 is 1.20 bits per heavy atom. The van der Waals surface area contributed by atoms with Crippen LogP contribution in [-0.4, -0.2) is 40.3 Å². The number of amides is 1. The van der Waals surface area contributed by atoms with Crippen LogP contribution in [-0.2, 0) is 22.5 Å². The monoisotopic (exact) mass is 409 g/mol. The fourth-order valence-electron chi connectivity index (χ4n) is 4.05. The maximum absolute atomic E-state index is 13.7. The Morgan fingerprint density at radius 3 is 2.60 bits per heavy atom. The minimum absolute atomic E-state index is 0.0615. The van der Waals surface area contributed by atoms with E-state index in [1.54, 1.807) is 14.0 Å². The topological polar surface area (TPSA) is 67.6 Å². The molecule has 1 aromatic heterocycles. The number of hydrogen-bond donors (Lipinski definition) is 1. The van der Waals surface area contributed by atoms with Crippen LogP contribution in [0.15, 0.2) is 42.5 Å². The number of anilines is 1. The second-order valence-corrected chi connectivity index (χ2v) is 7.73. The highest BCUT2D eigenvalue weighted by Gasteiger charge is 2.27. The van der Waals surface area contributed by atoms with Crippen molar-refractivity contribution in [2.75, 3.05) is 18.6 Å². The van der Waals surface area contributed by atoms with Gasteiger partial charge in [0.25, 0.3) is 0 Å². The molecule has 2 aromatic carbocycles. The number of fused-ring (bicyclic) bond motifs is 1. The molecule has 2 atom stereocenters. The number of aliphatic hydroxyl groups is 1. The minimum atomic E-state index is -0.778. The van der Waals surface area contributed by atoms with E-state index in [9.17, 15) is 9.90 Å². The van der Waals surface area contributed by atoms with Crippen LogP contribution in [0.2, 0.25) is 0 Å². The highest BCUT2D eigenvalue weighted by atomic mass is 16.5. The van der Waals surface area contributed by atoms with Crippen molar-refractivity contribution in [1.29, 1.82) is 0 Å². The van der Waals surface area contributed by atoms with Crippen LogP contribution in [0.4, 0.5) is 5.69 Å². The summed E-state index contributed by atoms with van der Waals surface area (Å²) in [5, 5.41) is 10.3. The molecule has 0 unspecified atom stereocenters. The van der Waals surface area contributed by atoms with Crippen LogP contribution in [0, 0.1) is 6.92 Å². The number of para-hydroxylation sites is 3. The zero-order valence-electron chi connectivity index (χ0n) is 18.4. The number of aliphatic hydroxyl groups excluding tert-OH is 1. The van der Waals surface area contributed by atoms with E-state index in [4.69, 9.17) is 4.74 Å². The van der Waals surface area contributed by atoms with Crippen molar-refractivity contribution < 1.29 is 14.6 Å². The van der Waals surface area contributed by atoms with Crippen LogP contribution in [0.5, 0.6) is 0 Å². The van der Waals surface area contributed by atoms with Gasteiger partial charge in [-0.3, -0.25) is 4.79 Å². The highest BCUT2D eigenvalue weighted by molar-refractivity contribution is 5.96. The van der Waals surface area contributed by atoms with Crippen molar-refractivity contribution in [1.82, 2.24) is 9.55 Å². The van der Waals surface area contributed by atoms with E-state index in [0.717, 1.165) is 34.3 Å². The molecule has 1 amide bonds. The number of ether oxygens (including phenoxy) is 1. The van der Waals surface area contributed by atoms with Gasteiger partial charge >= 0.3 is 0 Å². The number of aryl methyl sites for hydroxylation is 2. The van der Waals surface area contributed by atoms with E-state index in [1.807, 2.05) is 59.7 Å². The third-order valence-corrected chi connectivity index (χ3v) is 5.41. The van der Waals surface area contributed by atoms with Crippen molar-refractivity contribution in [2.45, 2.75) is 52.8 Å². The van der Waals surface area contributed by atoms with Gasteiger partial charge in [-0.05, 0) is 50.5 Å². The van der Waals surface area contributed by atoms with Crippen molar-refractivity contribution >= 4 is 22.6 Å². The Kier molecular flexibility index (Phi) is 6.90. The quantitative estimate of drug-likeness (QED) is 0.610. The molecule has 0 bridgehead atoms. The van der Waals surface area contributed by atoms with E-state index in [1.165, 1.54) is 0 Å². The van der Waals surface area contributed by atoms with E-state index in [0.29, 0.717) is 12.4 Å². The summed E-state index contributed by atoms with van der Waals surface area (Å²) in [4.78, 5) is 20.1. The van der Waals surface area contributed by atoms with Gasteiger partial charge < -0.3 is 19.3 Å². The molecule has 0 spiro atoms. The first-order chi connectivity index (χ1) is 14.4. The molecule has 1 N–H and O–H groups in total. The predicted molar refractivity (Wildman–Crippen MR) is 120 cm³/mol. The molecule has 160 valence electrons. The van der Waals surface area contributed by atoms with Gasteiger partial charge in [0.1, 0.15) is 18.5 Å². The van der Waals surface area contributed by atoms with Gasteiger partial charge in [0.15, 0.2) is 0 Å². The van der Waals surface area contributed by atoms with E-state index < -0.39 is 6.10 Å². The lowest BCUT2D eigenvalue weighted by atomic mass is 10.0. The van der Waals surface area contributed by atoms with Crippen LogP contribution < -0.4 is 4.90 Å². The summed E-state index contributed by atoms with van der Waals surface area (Å²) in [7, 11) is 1.65. The average molecular weight is 410 g/mol. The fraction of sp³-hybridized carbons (Fsp3) is 0.417. The third kappa shape index (κ3) is 4.25. The number of carbonyl (C=O) groups is 1. The third-order valence-electron chi connectivity index (χ3n) is 5.41. The molecule has 3 rings (SSSR count). The number of hydrogen-bond acceptors (Lipinski definition) is 4. The van der Waals surface area contributed by atoms with Crippen LogP contribution in [0.1, 0.15) is 43.8 Å². The van der Waals surface area contributed by atoms with Gasteiger partial charge in [-0.15, -0.1) is 0 Å². The Morgan fingerprint density at radius 2 is 1.93 bits per heavy atom. The minimum Gasteiger partial charge on any atom is -0.385 e. The predicted octanol–water partition coefficient (Wildman–Crippen LogP) is 4.03. The number of imidazole rings is 1. The number of aromatic nitrogens is 2. The first-order valence-corrected chi connectivity index (χ1v) is 10.4. The summed E-state index contributed by atoms with van der Waals surface area (Å²) in [6, 6.07) is 13.6. The molecule has 6 nitrogen and oxygen atoms in total. The lowest BCUT2D eigenvalue weighted by molar-refractivity contribution is -0.119. The summed E-state index contributed by atoms with van der Waals surface area (Å²) in [5.41, 5.74) is 4.72. The van der Waals surface area contributed by atoms with Gasteiger partial charge in [0.2, 0.25) is 5.91 Å².